The van der Waals surface area contributed by atoms with Crippen molar-refractivity contribution in [2.45, 2.75) is 31.2 Å². The number of halogens is 2. The van der Waals surface area contributed by atoms with Crippen molar-refractivity contribution in [2.75, 3.05) is 39.9 Å². The van der Waals surface area contributed by atoms with E-state index in [2.05, 4.69) is 26.6 Å². The Labute approximate surface area is 225 Å². The van der Waals surface area contributed by atoms with Gasteiger partial charge in [0, 0.05) is 31.5 Å². The zero-order chi connectivity index (χ0) is 27.9. The zero-order valence-electron chi connectivity index (χ0n) is 21.7. The number of amides is 5. The molecule has 2 aliphatic rings. The monoisotopic (exact) mass is 542 g/mol. The van der Waals surface area contributed by atoms with E-state index in [1.54, 1.807) is 0 Å². The Morgan fingerprint density at radius 1 is 1.18 bits per heavy atom. The highest BCUT2D eigenvalue weighted by atomic mass is 19.2. The summed E-state index contributed by atoms with van der Waals surface area (Å²) in [5.74, 6) is -2.81. The number of carbonyl (C=O) groups excluding carboxylic acids is 3. The number of nitrogens with two attached hydrogens (primary N) is 1. The van der Waals surface area contributed by atoms with E-state index in [0.29, 0.717) is 12.3 Å². The average Bonchev–Trinajstić information content (AvgIpc) is 2.93. The quantitative estimate of drug-likeness (QED) is 0.418. The molecule has 1 atom stereocenters. The van der Waals surface area contributed by atoms with Crippen molar-refractivity contribution in [3.05, 3.63) is 76.8 Å². The number of primary amides is 1. The third-order valence-electron chi connectivity index (χ3n) is 6.99. The van der Waals surface area contributed by atoms with Gasteiger partial charge in [-0.1, -0.05) is 12.1 Å². The summed E-state index contributed by atoms with van der Waals surface area (Å²) < 4.78 is 32.8. The summed E-state index contributed by atoms with van der Waals surface area (Å²) >= 11 is 0. The van der Waals surface area contributed by atoms with Crippen molar-refractivity contribution in [3.63, 3.8) is 0 Å². The van der Waals surface area contributed by atoms with Crippen molar-refractivity contribution in [1.29, 1.82) is 0 Å². The molecule has 3 heterocycles. The molecular weight excluding hydrogens is 510 g/mol. The first-order chi connectivity index (χ1) is 18.8. The van der Waals surface area contributed by atoms with Gasteiger partial charge in [-0.2, -0.15) is 0 Å². The highest BCUT2D eigenvalue weighted by Gasteiger charge is 2.42. The molecule has 1 aromatic heterocycles. The minimum absolute atomic E-state index is 0.0112. The maximum atomic E-state index is 14.1. The summed E-state index contributed by atoms with van der Waals surface area (Å²) in [5, 5.41) is 5.17. The van der Waals surface area contributed by atoms with Crippen LogP contribution < -0.4 is 16.4 Å². The Kier molecular flexibility index (Phi) is 9.20. The van der Waals surface area contributed by atoms with E-state index in [0.717, 1.165) is 55.2 Å². The van der Waals surface area contributed by atoms with E-state index in [9.17, 15) is 23.2 Å². The number of pyridine rings is 1. The lowest BCUT2D eigenvalue weighted by atomic mass is 9.93. The number of piperidine rings is 1. The number of ether oxygens (including phenoxy) is 1. The van der Waals surface area contributed by atoms with E-state index in [-0.39, 0.29) is 30.0 Å². The Bertz CT molecular complexity index is 1230. The summed E-state index contributed by atoms with van der Waals surface area (Å²) in [7, 11) is 1.35. The first-order valence-corrected chi connectivity index (χ1v) is 12.8. The number of rotatable bonds is 9. The summed E-state index contributed by atoms with van der Waals surface area (Å²) in [6.45, 7) is 2.65. The number of nitrogens with one attached hydrogen (secondary N) is 2. The fraction of sp³-hybridized carbons (Fsp3) is 0.407. The van der Waals surface area contributed by atoms with Gasteiger partial charge in [-0.25, -0.2) is 23.3 Å². The second kappa shape index (κ2) is 12.8. The lowest BCUT2D eigenvalue weighted by Crippen LogP contribution is -2.55. The molecule has 2 aromatic rings. The molecule has 5 amide bonds. The number of methoxy groups -OCH3 is 1. The predicted molar refractivity (Wildman–Crippen MR) is 138 cm³/mol. The summed E-state index contributed by atoms with van der Waals surface area (Å²) in [6, 6.07) is 5.83. The van der Waals surface area contributed by atoms with Gasteiger partial charge >= 0.3 is 12.1 Å². The molecule has 208 valence electrons. The van der Waals surface area contributed by atoms with Gasteiger partial charge < -0.3 is 26.0 Å². The van der Waals surface area contributed by atoms with Crippen LogP contribution in [0.2, 0.25) is 0 Å². The molecule has 1 saturated heterocycles. The molecule has 1 unspecified atom stereocenters. The lowest BCUT2D eigenvalue weighted by molar-refractivity contribution is -0.115. The maximum absolute atomic E-state index is 14.1. The van der Waals surface area contributed by atoms with E-state index in [1.165, 1.54) is 13.2 Å². The smallest absolute Gasteiger partial charge is 0.330 e. The van der Waals surface area contributed by atoms with Crippen molar-refractivity contribution in [2.24, 2.45) is 5.73 Å². The number of aromatic nitrogens is 1. The van der Waals surface area contributed by atoms with Crippen LogP contribution in [0.25, 0.3) is 0 Å². The third-order valence-corrected chi connectivity index (χ3v) is 6.99. The van der Waals surface area contributed by atoms with Crippen LogP contribution in [0.1, 0.15) is 42.5 Å². The molecular formula is C27H32F2N6O4. The maximum Gasteiger partial charge on any atom is 0.330 e. The molecule has 12 heteroatoms. The highest BCUT2D eigenvalue weighted by Crippen LogP contribution is 2.34. The number of carbonyl (C=O) groups is 3. The number of urea groups is 2. The first kappa shape index (κ1) is 28.1. The number of hydrogen-bond donors (Lipinski definition) is 3. The van der Waals surface area contributed by atoms with E-state index in [4.69, 9.17) is 10.5 Å². The number of hydrogen-bond acceptors (Lipinski definition) is 6. The van der Waals surface area contributed by atoms with Crippen LogP contribution in [0.5, 0.6) is 0 Å². The van der Waals surface area contributed by atoms with Gasteiger partial charge in [0.1, 0.15) is 6.04 Å². The van der Waals surface area contributed by atoms with Crippen LogP contribution in [0.4, 0.5) is 18.4 Å². The molecule has 1 fully saturated rings. The fourth-order valence-corrected chi connectivity index (χ4v) is 5.07. The van der Waals surface area contributed by atoms with Gasteiger partial charge in [-0.15, -0.1) is 0 Å². The molecule has 0 saturated carbocycles. The second-order valence-electron chi connectivity index (χ2n) is 9.52. The topological polar surface area (TPSA) is 130 Å². The molecule has 0 bridgehead atoms. The Morgan fingerprint density at radius 2 is 1.95 bits per heavy atom. The third kappa shape index (κ3) is 6.58. The van der Waals surface area contributed by atoms with Crippen LogP contribution in [-0.2, 0) is 9.53 Å². The van der Waals surface area contributed by atoms with Crippen LogP contribution in [0.3, 0.4) is 0 Å². The van der Waals surface area contributed by atoms with Gasteiger partial charge in [-0.05, 0) is 68.7 Å². The van der Waals surface area contributed by atoms with Gasteiger partial charge in [0.15, 0.2) is 11.6 Å². The van der Waals surface area contributed by atoms with E-state index < -0.39 is 35.6 Å². The normalized spacial score (nSPS) is 18.7. The SMILES string of the molecule is COCC1=C(C(N)=O)C(c2ccc(F)c(F)c2)N(C(=O)NCCCN2CCC(c3ccccn3)CC2)C(=O)N1. The molecule has 39 heavy (non-hydrogen) atoms. The van der Waals surface area contributed by atoms with Crippen molar-refractivity contribution in [1.82, 2.24) is 25.4 Å². The molecule has 1 aromatic carbocycles. The Morgan fingerprint density at radius 3 is 2.59 bits per heavy atom. The Hall–Kier alpha value is -3.90. The number of imide groups is 1. The number of likely N-dealkylation sites (tertiary alicyclic amines) is 1. The van der Waals surface area contributed by atoms with Crippen LogP contribution >= 0.6 is 0 Å². The van der Waals surface area contributed by atoms with E-state index in [1.807, 2.05) is 18.3 Å². The summed E-state index contributed by atoms with van der Waals surface area (Å²) in [6.07, 6.45) is 4.43. The second-order valence-corrected chi connectivity index (χ2v) is 9.52. The minimum atomic E-state index is -1.37. The molecule has 2 aliphatic heterocycles. The fourth-order valence-electron chi connectivity index (χ4n) is 5.07. The van der Waals surface area contributed by atoms with Crippen LogP contribution in [0, 0.1) is 11.6 Å². The minimum Gasteiger partial charge on any atom is -0.378 e. The summed E-state index contributed by atoms with van der Waals surface area (Å²) in [4.78, 5) is 46.1. The largest absolute Gasteiger partial charge is 0.378 e. The van der Waals surface area contributed by atoms with Gasteiger partial charge in [0.2, 0.25) is 5.91 Å². The van der Waals surface area contributed by atoms with Crippen LogP contribution in [-0.4, -0.2) is 72.6 Å². The standard InChI is InChI=1S/C27H32F2N6O4/c1-39-16-22-23(25(30)36)24(18-6-7-19(28)20(29)15-18)35(27(38)33-22)26(37)32-11-4-12-34-13-8-17(9-14-34)21-5-2-3-10-31-21/h2-3,5-7,10,15,17,24H,4,8-9,11-14,16H2,1H3,(H2,30,36)(H,32,37)(H,33,38). The number of nitrogens with zero attached hydrogens (tertiary/aromatic N) is 3. The van der Waals surface area contributed by atoms with Gasteiger partial charge in [-0.3, -0.25) is 9.78 Å². The average molecular weight is 543 g/mol. The van der Waals surface area contributed by atoms with Crippen LogP contribution in [0.15, 0.2) is 53.9 Å². The number of benzene rings is 1. The Balaban J connectivity index is 1.40. The summed E-state index contributed by atoms with van der Waals surface area (Å²) in [5.41, 5.74) is 6.61. The van der Waals surface area contributed by atoms with E-state index >= 15 is 0 Å². The van der Waals surface area contributed by atoms with Crippen molar-refractivity contribution < 1.29 is 27.9 Å². The first-order valence-electron chi connectivity index (χ1n) is 12.8. The molecule has 4 N–H and O–H groups in total. The molecule has 10 nitrogen and oxygen atoms in total. The lowest BCUT2D eigenvalue weighted by Gasteiger charge is -2.36. The molecule has 0 radical (unpaired) electrons. The van der Waals surface area contributed by atoms with Gasteiger partial charge in [0.05, 0.1) is 17.9 Å². The van der Waals surface area contributed by atoms with Gasteiger partial charge in [0.25, 0.3) is 0 Å². The molecule has 0 spiro atoms. The van der Waals surface area contributed by atoms with Crippen molar-refractivity contribution >= 4 is 18.0 Å². The zero-order valence-corrected chi connectivity index (χ0v) is 21.7. The molecule has 4 rings (SSSR count). The predicted octanol–water partition coefficient (Wildman–Crippen LogP) is 2.79. The highest BCUT2D eigenvalue weighted by molar-refractivity contribution is 6.03. The van der Waals surface area contributed by atoms with Crippen molar-refractivity contribution in [3.8, 4) is 0 Å². The molecule has 0 aliphatic carbocycles.